The molecule has 0 atom stereocenters. The Hall–Kier alpha value is -2.08. The molecular formula is C19H23F2N3S. The van der Waals surface area contributed by atoms with Crippen LogP contribution in [0.1, 0.15) is 18.1 Å². The molecule has 0 heterocycles. The third-order valence-corrected chi connectivity index (χ3v) is 4.60. The summed E-state index contributed by atoms with van der Waals surface area (Å²) in [6.45, 7) is 6.92. The molecule has 2 aromatic carbocycles. The van der Waals surface area contributed by atoms with Gasteiger partial charge in [0.2, 0.25) is 0 Å². The average Bonchev–Trinajstić information content (AvgIpc) is 2.57. The molecule has 0 spiro atoms. The van der Waals surface area contributed by atoms with Gasteiger partial charge in [-0.05, 0) is 56.2 Å². The second-order valence-electron chi connectivity index (χ2n) is 5.77. The van der Waals surface area contributed by atoms with E-state index < -0.39 is 5.76 Å². The maximum absolute atomic E-state index is 12.7. The molecule has 0 aliphatic rings. The maximum Gasteiger partial charge on any atom is 0.288 e. The van der Waals surface area contributed by atoms with Crippen molar-refractivity contribution in [2.45, 2.75) is 31.4 Å². The molecule has 0 aliphatic carbocycles. The van der Waals surface area contributed by atoms with Crippen molar-refractivity contribution < 1.29 is 8.78 Å². The molecule has 0 amide bonds. The van der Waals surface area contributed by atoms with E-state index in [1.165, 1.54) is 0 Å². The molecule has 1 N–H and O–H groups in total. The second-order valence-corrected chi connectivity index (χ2v) is 6.80. The Labute approximate surface area is 152 Å². The summed E-state index contributed by atoms with van der Waals surface area (Å²) in [6.07, 6.45) is 1.81. The van der Waals surface area contributed by atoms with Gasteiger partial charge in [0.05, 0.1) is 17.7 Å². The number of thioether (sulfide) groups is 1. The molecule has 2 aromatic rings. The van der Waals surface area contributed by atoms with Gasteiger partial charge in [0.1, 0.15) is 0 Å². The SMILES string of the molecule is CCN(C)C=Nc1cc(C)c(Nc2ccccc2SC(F)F)cc1C. The molecule has 0 bridgehead atoms. The normalized spacial score (nSPS) is 11.3. The Balaban J connectivity index is 2.27. The van der Waals surface area contributed by atoms with Crippen molar-refractivity contribution >= 4 is 35.2 Å². The van der Waals surface area contributed by atoms with Gasteiger partial charge in [0.25, 0.3) is 5.76 Å². The highest BCUT2D eigenvalue weighted by atomic mass is 32.2. The van der Waals surface area contributed by atoms with Gasteiger partial charge in [-0.25, -0.2) is 4.99 Å². The Morgan fingerprint density at radius 3 is 2.56 bits per heavy atom. The number of nitrogens with zero attached hydrogens (tertiary/aromatic N) is 2. The first-order valence-corrected chi connectivity index (χ1v) is 8.95. The largest absolute Gasteiger partial charge is 0.366 e. The van der Waals surface area contributed by atoms with Crippen LogP contribution < -0.4 is 5.32 Å². The van der Waals surface area contributed by atoms with Gasteiger partial charge < -0.3 is 10.2 Å². The molecule has 25 heavy (non-hydrogen) atoms. The molecule has 134 valence electrons. The fraction of sp³-hybridized carbons (Fsp3) is 0.316. The van der Waals surface area contributed by atoms with Crippen LogP contribution in [-0.2, 0) is 0 Å². The Morgan fingerprint density at radius 1 is 1.16 bits per heavy atom. The summed E-state index contributed by atoms with van der Waals surface area (Å²) in [7, 11) is 1.97. The minimum atomic E-state index is -2.45. The summed E-state index contributed by atoms with van der Waals surface area (Å²) in [6, 6.07) is 11.1. The molecule has 0 aromatic heterocycles. The summed E-state index contributed by atoms with van der Waals surface area (Å²) >= 11 is 0.546. The number of alkyl halides is 2. The molecule has 0 radical (unpaired) electrons. The van der Waals surface area contributed by atoms with Crippen LogP contribution in [0.3, 0.4) is 0 Å². The highest BCUT2D eigenvalue weighted by Crippen LogP contribution is 2.35. The fourth-order valence-corrected chi connectivity index (χ4v) is 2.83. The lowest BCUT2D eigenvalue weighted by atomic mass is 10.1. The van der Waals surface area contributed by atoms with Crippen LogP contribution in [0.4, 0.5) is 25.8 Å². The van der Waals surface area contributed by atoms with E-state index in [1.54, 1.807) is 12.1 Å². The van der Waals surface area contributed by atoms with Gasteiger partial charge in [-0.2, -0.15) is 8.78 Å². The van der Waals surface area contributed by atoms with Crippen LogP contribution in [0.2, 0.25) is 0 Å². The molecule has 0 saturated heterocycles. The third-order valence-electron chi connectivity index (χ3n) is 3.81. The zero-order valence-corrected chi connectivity index (χ0v) is 15.7. The summed E-state index contributed by atoms with van der Waals surface area (Å²) in [5.74, 6) is -2.45. The number of benzene rings is 2. The molecular weight excluding hydrogens is 340 g/mol. The molecule has 2 rings (SSSR count). The number of aliphatic imine (C=N–C) groups is 1. The predicted molar refractivity (Wildman–Crippen MR) is 104 cm³/mol. The van der Waals surface area contributed by atoms with Crippen molar-refractivity contribution in [3.8, 4) is 0 Å². The number of hydrogen-bond donors (Lipinski definition) is 1. The number of aryl methyl sites for hydroxylation is 2. The first-order chi connectivity index (χ1) is 11.9. The molecule has 0 unspecified atom stereocenters. The lowest BCUT2D eigenvalue weighted by molar-refractivity contribution is 0.252. The molecule has 0 aliphatic heterocycles. The van der Waals surface area contributed by atoms with Gasteiger partial charge in [-0.15, -0.1) is 0 Å². The first-order valence-electron chi connectivity index (χ1n) is 8.07. The van der Waals surface area contributed by atoms with E-state index in [2.05, 4.69) is 17.2 Å². The smallest absolute Gasteiger partial charge is 0.288 e. The molecule has 0 saturated carbocycles. The van der Waals surface area contributed by atoms with E-state index in [0.29, 0.717) is 22.3 Å². The number of anilines is 2. The highest BCUT2D eigenvalue weighted by Gasteiger charge is 2.11. The zero-order valence-electron chi connectivity index (χ0n) is 14.9. The number of halogens is 2. The lowest BCUT2D eigenvalue weighted by Gasteiger charge is -2.15. The first kappa shape index (κ1) is 19.2. The Kier molecular flexibility index (Phi) is 6.82. The summed E-state index contributed by atoms with van der Waals surface area (Å²) in [5, 5.41) is 3.27. The van der Waals surface area contributed by atoms with E-state index in [0.717, 1.165) is 29.0 Å². The van der Waals surface area contributed by atoms with Gasteiger partial charge in [-0.1, -0.05) is 23.9 Å². The van der Waals surface area contributed by atoms with Crippen molar-refractivity contribution in [3.63, 3.8) is 0 Å². The molecule has 6 heteroatoms. The number of nitrogens with one attached hydrogen (secondary N) is 1. The van der Waals surface area contributed by atoms with Crippen molar-refractivity contribution in [1.82, 2.24) is 4.90 Å². The third kappa shape index (κ3) is 5.46. The van der Waals surface area contributed by atoms with E-state index in [4.69, 9.17) is 0 Å². The molecule has 3 nitrogen and oxygen atoms in total. The minimum absolute atomic E-state index is 0.529. The van der Waals surface area contributed by atoms with Crippen LogP contribution in [0.5, 0.6) is 0 Å². The summed E-state index contributed by atoms with van der Waals surface area (Å²) in [5.41, 5.74) is 4.50. The van der Waals surface area contributed by atoms with Crippen LogP contribution in [-0.4, -0.2) is 30.6 Å². The Morgan fingerprint density at radius 2 is 1.88 bits per heavy atom. The van der Waals surface area contributed by atoms with Crippen molar-refractivity contribution in [3.05, 3.63) is 47.5 Å². The Bertz CT molecular complexity index is 747. The zero-order chi connectivity index (χ0) is 18.4. The van der Waals surface area contributed by atoms with Gasteiger partial charge in [0.15, 0.2) is 0 Å². The van der Waals surface area contributed by atoms with Crippen molar-refractivity contribution in [2.24, 2.45) is 4.99 Å². The van der Waals surface area contributed by atoms with Crippen LogP contribution in [0.25, 0.3) is 0 Å². The standard InChI is InChI=1S/C19H23F2N3S/c1-5-24(4)12-22-16-10-14(3)17(11-13(16)2)23-15-8-6-7-9-18(15)25-19(20)21/h6-12,19,23H,5H2,1-4H3. The topological polar surface area (TPSA) is 27.6 Å². The minimum Gasteiger partial charge on any atom is -0.366 e. The van der Waals surface area contributed by atoms with Gasteiger partial charge in [-0.3, -0.25) is 0 Å². The number of rotatable bonds is 7. The fourth-order valence-electron chi connectivity index (χ4n) is 2.23. The highest BCUT2D eigenvalue weighted by molar-refractivity contribution is 7.99. The van der Waals surface area contributed by atoms with Crippen LogP contribution in [0.15, 0.2) is 46.3 Å². The summed E-state index contributed by atoms with van der Waals surface area (Å²) < 4.78 is 25.5. The molecule has 0 fully saturated rings. The number of hydrogen-bond acceptors (Lipinski definition) is 3. The lowest BCUT2D eigenvalue weighted by Crippen LogP contribution is -2.14. The predicted octanol–water partition coefficient (Wildman–Crippen LogP) is 5.97. The maximum atomic E-state index is 12.7. The monoisotopic (exact) mass is 363 g/mol. The van der Waals surface area contributed by atoms with E-state index in [9.17, 15) is 8.78 Å². The van der Waals surface area contributed by atoms with Crippen LogP contribution >= 0.6 is 11.8 Å². The second kappa shape index (κ2) is 8.85. The quantitative estimate of drug-likeness (QED) is 0.373. The van der Waals surface area contributed by atoms with Crippen molar-refractivity contribution in [2.75, 3.05) is 18.9 Å². The van der Waals surface area contributed by atoms with E-state index in [1.807, 2.05) is 56.4 Å². The van der Waals surface area contributed by atoms with Crippen molar-refractivity contribution in [1.29, 1.82) is 0 Å². The van der Waals surface area contributed by atoms with Gasteiger partial charge in [0, 0.05) is 24.2 Å². The number of para-hydroxylation sites is 1. The van der Waals surface area contributed by atoms with Gasteiger partial charge >= 0.3 is 0 Å². The average molecular weight is 363 g/mol. The van der Waals surface area contributed by atoms with Crippen LogP contribution in [0, 0.1) is 13.8 Å². The van der Waals surface area contributed by atoms with E-state index >= 15 is 0 Å². The van der Waals surface area contributed by atoms with E-state index in [-0.39, 0.29) is 0 Å². The summed E-state index contributed by atoms with van der Waals surface area (Å²) in [4.78, 5) is 7.04.